The molecule has 0 atom stereocenters. The van der Waals surface area contributed by atoms with Crippen LogP contribution in [0.2, 0.25) is 6.04 Å². The Hall–Kier alpha value is 0.527. The molecule has 0 aliphatic rings. The van der Waals surface area contributed by atoms with Gasteiger partial charge in [-0.15, -0.1) is 0 Å². The van der Waals surface area contributed by atoms with E-state index < -0.39 is 0 Å². The summed E-state index contributed by atoms with van der Waals surface area (Å²) in [7, 11) is 0.546. The lowest BCUT2D eigenvalue weighted by molar-refractivity contribution is 0.192. The van der Waals surface area contributed by atoms with Crippen LogP contribution in [0.25, 0.3) is 0 Å². The van der Waals surface area contributed by atoms with Gasteiger partial charge < -0.3 is 4.74 Å². The van der Waals surface area contributed by atoms with Crippen LogP contribution in [0.1, 0.15) is 13.3 Å². The van der Waals surface area contributed by atoms with Gasteiger partial charge in [0.25, 0.3) is 0 Å². The van der Waals surface area contributed by atoms with Crippen LogP contribution >= 0.6 is 12.6 Å². The summed E-state index contributed by atoms with van der Waals surface area (Å²) in [6.07, 6.45) is 2.26. The summed E-state index contributed by atoms with van der Waals surface area (Å²) in [6, 6.07) is 1.34. The van der Waals surface area contributed by atoms with Gasteiger partial charge in [0.05, 0.1) is 9.52 Å². The summed E-state index contributed by atoms with van der Waals surface area (Å²) >= 11 is 4.12. The minimum Gasteiger partial charge on any atom is -0.386 e. The molecule has 9 heavy (non-hydrogen) atoms. The van der Waals surface area contributed by atoms with Gasteiger partial charge in [0.2, 0.25) is 0 Å². The van der Waals surface area contributed by atoms with E-state index in [0.717, 1.165) is 18.6 Å². The third kappa shape index (κ3) is 8.53. The molecular formula is C6H15OSSi. The lowest BCUT2D eigenvalue weighted by atomic mass is 10.6. The van der Waals surface area contributed by atoms with Crippen LogP contribution in [0, 0.1) is 0 Å². The van der Waals surface area contributed by atoms with E-state index in [4.69, 9.17) is 4.74 Å². The molecule has 0 amide bonds. The SMILES string of the molecule is CCOC[SiH]CCCS. The zero-order valence-electron chi connectivity index (χ0n) is 5.97. The van der Waals surface area contributed by atoms with Gasteiger partial charge in [-0.05, 0) is 19.1 Å². The minimum absolute atomic E-state index is 0.546. The first kappa shape index (κ1) is 9.53. The molecule has 55 valence electrons. The Morgan fingerprint density at radius 3 is 2.89 bits per heavy atom. The molecule has 0 aliphatic carbocycles. The average Bonchev–Trinajstić information content (AvgIpc) is 1.89. The molecule has 0 rings (SSSR count). The Kier molecular flexibility index (Phi) is 9.03. The largest absolute Gasteiger partial charge is 0.386 e. The smallest absolute Gasteiger partial charge is 0.0617 e. The third-order valence-corrected chi connectivity index (χ3v) is 2.61. The van der Waals surface area contributed by atoms with E-state index in [2.05, 4.69) is 12.6 Å². The summed E-state index contributed by atoms with van der Waals surface area (Å²) in [5, 5.41) is 0. The molecule has 0 saturated heterocycles. The third-order valence-electron chi connectivity index (χ3n) is 1.01. The average molecular weight is 163 g/mol. The molecule has 0 heterocycles. The number of hydrogen-bond acceptors (Lipinski definition) is 2. The monoisotopic (exact) mass is 163 g/mol. The van der Waals surface area contributed by atoms with Crippen LogP contribution in [0.3, 0.4) is 0 Å². The highest BCUT2D eigenvalue weighted by Gasteiger charge is 1.87. The van der Waals surface area contributed by atoms with Crippen molar-refractivity contribution in [1.82, 2.24) is 0 Å². The van der Waals surface area contributed by atoms with Crippen molar-refractivity contribution < 1.29 is 4.74 Å². The Bertz CT molecular complexity index is 46.3. The number of hydrogen-bond donors (Lipinski definition) is 1. The second-order valence-electron chi connectivity index (χ2n) is 1.81. The van der Waals surface area contributed by atoms with Crippen molar-refractivity contribution >= 4 is 22.1 Å². The van der Waals surface area contributed by atoms with Gasteiger partial charge in [-0.25, -0.2) is 0 Å². The van der Waals surface area contributed by atoms with Gasteiger partial charge >= 0.3 is 0 Å². The fourth-order valence-electron chi connectivity index (χ4n) is 0.520. The number of rotatable bonds is 6. The topological polar surface area (TPSA) is 9.23 Å². The van der Waals surface area contributed by atoms with Crippen molar-refractivity contribution in [2.24, 2.45) is 0 Å². The van der Waals surface area contributed by atoms with Gasteiger partial charge in [-0.1, -0.05) is 6.04 Å². The maximum atomic E-state index is 5.19. The van der Waals surface area contributed by atoms with Gasteiger partial charge in [0.15, 0.2) is 0 Å². The maximum Gasteiger partial charge on any atom is 0.0617 e. The highest BCUT2D eigenvalue weighted by Crippen LogP contribution is 1.90. The van der Waals surface area contributed by atoms with E-state index in [0.29, 0.717) is 9.52 Å². The van der Waals surface area contributed by atoms with Crippen LogP contribution < -0.4 is 0 Å². The van der Waals surface area contributed by atoms with Crippen molar-refractivity contribution in [3.05, 3.63) is 0 Å². The summed E-state index contributed by atoms with van der Waals surface area (Å²) in [6.45, 7) is 2.91. The fraction of sp³-hybridized carbons (Fsp3) is 1.00. The molecule has 0 fully saturated rings. The zero-order valence-corrected chi connectivity index (χ0v) is 8.02. The molecule has 1 nitrogen and oxygen atoms in total. The van der Waals surface area contributed by atoms with Crippen molar-refractivity contribution in [3.8, 4) is 0 Å². The van der Waals surface area contributed by atoms with Crippen molar-refractivity contribution in [2.75, 3.05) is 18.6 Å². The maximum absolute atomic E-state index is 5.19. The second kappa shape index (κ2) is 8.53. The van der Waals surface area contributed by atoms with Crippen LogP contribution in [0.15, 0.2) is 0 Å². The molecular weight excluding hydrogens is 148 g/mol. The molecule has 0 bridgehead atoms. The van der Waals surface area contributed by atoms with Crippen molar-refractivity contribution in [2.45, 2.75) is 19.4 Å². The van der Waals surface area contributed by atoms with Crippen LogP contribution in [0.5, 0.6) is 0 Å². The first-order chi connectivity index (χ1) is 4.41. The molecule has 0 N–H and O–H groups in total. The van der Waals surface area contributed by atoms with E-state index in [9.17, 15) is 0 Å². The standard InChI is InChI=1S/C6H15OSSi/c1-2-7-6-9-5-3-4-8/h8-9H,2-6H2,1H3. The lowest BCUT2D eigenvalue weighted by Gasteiger charge is -1.97. The van der Waals surface area contributed by atoms with Crippen LogP contribution in [0.4, 0.5) is 0 Å². The van der Waals surface area contributed by atoms with E-state index in [1.54, 1.807) is 0 Å². The summed E-state index contributed by atoms with van der Waals surface area (Å²) in [5.74, 6) is 1.03. The van der Waals surface area contributed by atoms with E-state index >= 15 is 0 Å². The summed E-state index contributed by atoms with van der Waals surface area (Å²) in [4.78, 5) is 0. The molecule has 0 aliphatic heterocycles. The Labute approximate surface area is 65.4 Å². The summed E-state index contributed by atoms with van der Waals surface area (Å²) in [5.41, 5.74) is 0. The molecule has 1 radical (unpaired) electrons. The predicted octanol–water partition coefficient (Wildman–Crippen LogP) is 1.16. The molecule has 0 unspecified atom stereocenters. The number of ether oxygens (including phenoxy) is 1. The van der Waals surface area contributed by atoms with Gasteiger partial charge in [0, 0.05) is 12.8 Å². The zero-order chi connectivity index (χ0) is 6.95. The Balaban J connectivity index is 2.60. The molecule has 0 aromatic rings. The van der Waals surface area contributed by atoms with E-state index in [-0.39, 0.29) is 0 Å². The summed E-state index contributed by atoms with van der Waals surface area (Å²) < 4.78 is 5.19. The lowest BCUT2D eigenvalue weighted by Crippen LogP contribution is -2.02. The minimum atomic E-state index is 0.546. The van der Waals surface area contributed by atoms with Gasteiger partial charge in [0.1, 0.15) is 0 Å². The number of thiol groups is 1. The Morgan fingerprint density at radius 1 is 1.56 bits per heavy atom. The Morgan fingerprint density at radius 2 is 2.33 bits per heavy atom. The fourth-order valence-corrected chi connectivity index (χ4v) is 2.11. The van der Waals surface area contributed by atoms with Crippen LogP contribution in [-0.4, -0.2) is 28.1 Å². The van der Waals surface area contributed by atoms with E-state index in [1.165, 1.54) is 12.5 Å². The normalized spacial score (nSPS) is 10.0. The first-order valence-electron chi connectivity index (χ1n) is 3.42. The highest BCUT2D eigenvalue weighted by molar-refractivity contribution is 7.80. The molecule has 0 aromatic carbocycles. The van der Waals surface area contributed by atoms with Gasteiger partial charge in [-0.3, -0.25) is 0 Å². The highest BCUT2D eigenvalue weighted by atomic mass is 32.1. The molecule has 0 saturated carbocycles. The quantitative estimate of drug-likeness (QED) is 0.351. The van der Waals surface area contributed by atoms with Gasteiger partial charge in [-0.2, -0.15) is 12.6 Å². The second-order valence-corrected chi connectivity index (χ2v) is 3.75. The van der Waals surface area contributed by atoms with Crippen molar-refractivity contribution in [3.63, 3.8) is 0 Å². The molecule has 0 spiro atoms. The molecule has 3 heteroatoms. The van der Waals surface area contributed by atoms with Crippen molar-refractivity contribution in [1.29, 1.82) is 0 Å². The predicted molar refractivity (Wildman–Crippen MR) is 46.9 cm³/mol. The molecule has 0 aromatic heterocycles. The first-order valence-corrected chi connectivity index (χ1v) is 5.68. The van der Waals surface area contributed by atoms with Crippen LogP contribution in [-0.2, 0) is 4.74 Å². The van der Waals surface area contributed by atoms with E-state index in [1.807, 2.05) is 6.92 Å².